The van der Waals surface area contributed by atoms with Gasteiger partial charge in [0.05, 0.1) is 16.8 Å². The van der Waals surface area contributed by atoms with Crippen molar-refractivity contribution >= 4 is 46.5 Å². The Hall–Kier alpha value is -3.56. The van der Waals surface area contributed by atoms with E-state index in [1.54, 1.807) is 0 Å². The van der Waals surface area contributed by atoms with Gasteiger partial charge >= 0.3 is 0 Å². The lowest BCUT2D eigenvalue weighted by atomic mass is 9.72. The minimum Gasteiger partial charge on any atom is -0.366 e. The largest absolute Gasteiger partial charge is 0.366 e. The van der Waals surface area contributed by atoms with Crippen LogP contribution in [0.5, 0.6) is 0 Å². The third-order valence-corrected chi connectivity index (χ3v) is 10.2. The van der Waals surface area contributed by atoms with Gasteiger partial charge in [0.1, 0.15) is 11.9 Å². The smallest absolute Gasteiger partial charge is 0.262 e. The summed E-state index contributed by atoms with van der Waals surface area (Å²) in [6, 6.07) is 10.2. The molecule has 0 aromatic heterocycles. The summed E-state index contributed by atoms with van der Waals surface area (Å²) >= 11 is 6.18. The number of carbonyl (C=O) groups is 4. The number of amides is 4. The topological polar surface area (TPSA) is 90.0 Å². The van der Waals surface area contributed by atoms with Gasteiger partial charge in [0.15, 0.2) is 0 Å². The maximum Gasteiger partial charge on any atom is 0.262 e. The molecule has 4 fully saturated rings. The number of anilines is 1. The number of hydrogen-bond acceptors (Lipinski definition) is 6. The van der Waals surface area contributed by atoms with Gasteiger partial charge < -0.3 is 4.90 Å². The van der Waals surface area contributed by atoms with Crippen molar-refractivity contribution in [3.8, 4) is 0 Å². The van der Waals surface area contributed by atoms with Crippen LogP contribution in [-0.4, -0.2) is 71.2 Å². The standard InChI is InChI=1S/C33H34ClFN4O4/c1-33(2)10-9-19(25(14-33)18-3-5-20(34)6-4-18)15-38-21-11-22(38)17-37(16-21)28-13-24-23(12-26(28)35)31(42)39(32(24)43)27-7-8-29(40)36-30(27)41/h3-6,12-13,21-22,27H,7-11,14-17H2,1-2H3,(H,36,40,41). The second-order valence-electron chi connectivity index (χ2n) is 13.3. The predicted octanol–water partition coefficient (Wildman–Crippen LogP) is 4.81. The first-order chi connectivity index (χ1) is 20.5. The highest BCUT2D eigenvalue weighted by atomic mass is 35.5. The maximum atomic E-state index is 15.5. The Morgan fingerprint density at radius 3 is 2.33 bits per heavy atom. The van der Waals surface area contributed by atoms with Crippen molar-refractivity contribution in [2.24, 2.45) is 5.41 Å². The summed E-state index contributed by atoms with van der Waals surface area (Å²) in [7, 11) is 0. The first-order valence-corrected chi connectivity index (χ1v) is 15.4. The van der Waals surface area contributed by atoms with Gasteiger partial charge in [-0.3, -0.25) is 34.3 Å². The molecular formula is C33H34ClFN4O4. The number of allylic oxidation sites excluding steroid dienone is 1. The van der Waals surface area contributed by atoms with Crippen LogP contribution in [0.15, 0.2) is 42.0 Å². The second kappa shape index (κ2) is 10.3. The van der Waals surface area contributed by atoms with E-state index < -0.39 is 35.5 Å². The number of imide groups is 2. The number of rotatable bonds is 5. The molecule has 43 heavy (non-hydrogen) atoms. The highest BCUT2D eigenvalue weighted by Gasteiger charge is 2.48. The van der Waals surface area contributed by atoms with E-state index in [4.69, 9.17) is 11.6 Å². The molecule has 10 heteroatoms. The Morgan fingerprint density at radius 1 is 0.977 bits per heavy atom. The Balaban J connectivity index is 1.09. The SMILES string of the molecule is CC1(C)CCC(CN2C3CC2CN(c2cc4c(cc2F)C(=O)N(C2CCC(=O)NC2=O)C4=O)C3)=C(c2ccc(Cl)cc2)C1. The van der Waals surface area contributed by atoms with Crippen LogP contribution in [0.1, 0.15) is 78.7 Å². The number of hydrogen-bond donors (Lipinski definition) is 1. The number of fused-ring (bicyclic) bond motifs is 3. The molecule has 224 valence electrons. The number of piperidine rings is 2. The Bertz CT molecular complexity index is 1590. The van der Waals surface area contributed by atoms with Gasteiger partial charge in [0.25, 0.3) is 11.8 Å². The quantitative estimate of drug-likeness (QED) is 0.493. The third kappa shape index (κ3) is 4.86. The number of nitrogens with zero attached hydrogens (tertiary/aromatic N) is 3. The Labute approximate surface area is 254 Å². The molecule has 1 N–H and O–H groups in total. The van der Waals surface area contributed by atoms with Crippen molar-refractivity contribution < 1.29 is 23.6 Å². The first kappa shape index (κ1) is 28.2. The summed E-state index contributed by atoms with van der Waals surface area (Å²) in [4.78, 5) is 55.8. The fourth-order valence-electron chi connectivity index (χ4n) is 7.55. The van der Waals surface area contributed by atoms with Crippen LogP contribution in [0.25, 0.3) is 5.57 Å². The molecule has 5 heterocycles. The molecule has 3 unspecified atom stereocenters. The van der Waals surface area contributed by atoms with Crippen LogP contribution in [0, 0.1) is 11.2 Å². The number of benzene rings is 2. The van der Waals surface area contributed by atoms with E-state index >= 15 is 4.39 Å². The molecule has 8 rings (SSSR count). The summed E-state index contributed by atoms with van der Waals surface area (Å²) in [5.41, 5.74) is 4.70. The molecule has 0 radical (unpaired) electrons. The van der Waals surface area contributed by atoms with Crippen LogP contribution in [0.3, 0.4) is 0 Å². The lowest BCUT2D eigenvalue weighted by molar-refractivity contribution is -0.136. The molecule has 8 nitrogen and oxygen atoms in total. The van der Waals surface area contributed by atoms with E-state index in [1.165, 1.54) is 22.8 Å². The summed E-state index contributed by atoms with van der Waals surface area (Å²) < 4.78 is 15.5. The van der Waals surface area contributed by atoms with E-state index in [2.05, 4.69) is 36.2 Å². The van der Waals surface area contributed by atoms with Crippen molar-refractivity contribution in [3.05, 3.63) is 69.5 Å². The zero-order chi connectivity index (χ0) is 30.2. The van der Waals surface area contributed by atoms with Crippen molar-refractivity contribution in [1.82, 2.24) is 15.1 Å². The molecule has 0 saturated carbocycles. The van der Waals surface area contributed by atoms with Gasteiger partial charge in [0, 0.05) is 43.2 Å². The third-order valence-electron chi connectivity index (χ3n) is 9.94. The van der Waals surface area contributed by atoms with E-state index in [1.807, 2.05) is 17.0 Å². The van der Waals surface area contributed by atoms with Crippen LogP contribution >= 0.6 is 11.6 Å². The summed E-state index contributed by atoms with van der Waals surface area (Å²) in [5.74, 6) is -3.00. The van der Waals surface area contributed by atoms with Crippen molar-refractivity contribution in [2.75, 3.05) is 24.5 Å². The molecular weight excluding hydrogens is 571 g/mol. The van der Waals surface area contributed by atoms with Gasteiger partial charge in [-0.05, 0) is 72.9 Å². The second-order valence-corrected chi connectivity index (χ2v) is 13.8. The average Bonchev–Trinajstić information content (AvgIpc) is 3.20. The maximum absolute atomic E-state index is 15.5. The predicted molar refractivity (Wildman–Crippen MR) is 160 cm³/mol. The molecule has 4 saturated heterocycles. The lowest BCUT2D eigenvalue weighted by Gasteiger charge is -2.57. The molecule has 5 aliphatic heterocycles. The van der Waals surface area contributed by atoms with Gasteiger partial charge in [-0.2, -0.15) is 0 Å². The van der Waals surface area contributed by atoms with Gasteiger partial charge in [-0.1, -0.05) is 43.2 Å². The van der Waals surface area contributed by atoms with Crippen molar-refractivity contribution in [1.29, 1.82) is 0 Å². The fourth-order valence-corrected chi connectivity index (χ4v) is 7.67. The van der Waals surface area contributed by atoms with Crippen LogP contribution in [0.2, 0.25) is 5.02 Å². The first-order valence-electron chi connectivity index (χ1n) is 15.0. The molecule has 2 bridgehead atoms. The minimum atomic E-state index is -1.08. The average molecular weight is 605 g/mol. The molecule has 2 aromatic rings. The van der Waals surface area contributed by atoms with Crippen LogP contribution in [-0.2, 0) is 9.59 Å². The molecule has 4 amide bonds. The van der Waals surface area contributed by atoms with Crippen molar-refractivity contribution in [3.63, 3.8) is 0 Å². The molecule has 3 atom stereocenters. The molecule has 1 aliphatic carbocycles. The van der Waals surface area contributed by atoms with Crippen LogP contribution in [0.4, 0.5) is 10.1 Å². The van der Waals surface area contributed by atoms with Gasteiger partial charge in [0.2, 0.25) is 11.8 Å². The van der Waals surface area contributed by atoms with E-state index in [-0.39, 0.29) is 41.5 Å². The monoisotopic (exact) mass is 604 g/mol. The number of nitrogens with one attached hydrogen (secondary N) is 1. The Morgan fingerprint density at radius 2 is 1.65 bits per heavy atom. The van der Waals surface area contributed by atoms with E-state index in [9.17, 15) is 19.2 Å². The Kier molecular flexibility index (Phi) is 6.74. The van der Waals surface area contributed by atoms with E-state index in [0.717, 1.165) is 48.2 Å². The van der Waals surface area contributed by atoms with Gasteiger partial charge in [-0.25, -0.2) is 4.39 Å². The highest BCUT2D eigenvalue weighted by molar-refractivity contribution is 6.30. The normalized spacial score (nSPS) is 26.9. The molecule has 6 aliphatic rings. The van der Waals surface area contributed by atoms with Gasteiger partial charge in [-0.15, -0.1) is 0 Å². The highest BCUT2D eigenvalue weighted by Crippen LogP contribution is 2.45. The van der Waals surface area contributed by atoms with Crippen LogP contribution < -0.4 is 10.2 Å². The molecule has 2 aromatic carbocycles. The summed E-state index contributed by atoms with van der Waals surface area (Å²) in [6.07, 6.45) is 4.33. The lowest BCUT2D eigenvalue weighted by Crippen LogP contribution is -2.69. The zero-order valence-electron chi connectivity index (χ0n) is 24.3. The molecule has 0 spiro atoms. The zero-order valence-corrected chi connectivity index (χ0v) is 25.0. The number of halogens is 2. The number of carbonyl (C=O) groups excluding carboxylic acids is 4. The number of piperazine rings is 1. The minimum absolute atomic E-state index is 0.0341. The summed E-state index contributed by atoms with van der Waals surface area (Å²) in [5, 5.41) is 2.92. The summed E-state index contributed by atoms with van der Waals surface area (Å²) in [6.45, 7) is 6.78. The van der Waals surface area contributed by atoms with Crippen molar-refractivity contribution in [2.45, 2.75) is 70.5 Å². The fraction of sp³-hybridized carbons (Fsp3) is 0.455. The van der Waals surface area contributed by atoms with E-state index in [0.29, 0.717) is 18.8 Å².